The quantitative estimate of drug-likeness (QED) is 0.784. The van der Waals surface area contributed by atoms with E-state index in [1.54, 1.807) is 0 Å². The van der Waals surface area contributed by atoms with Crippen LogP contribution in [0.5, 0.6) is 5.75 Å². The first-order valence-corrected chi connectivity index (χ1v) is 11.0. The van der Waals surface area contributed by atoms with Gasteiger partial charge in [-0.25, -0.2) is 0 Å². The van der Waals surface area contributed by atoms with Crippen molar-refractivity contribution in [2.75, 3.05) is 46.1 Å². The number of benzene rings is 1. The van der Waals surface area contributed by atoms with E-state index in [9.17, 15) is 0 Å². The molecule has 1 atom stereocenters. The van der Waals surface area contributed by atoms with Gasteiger partial charge < -0.3 is 23.7 Å². The van der Waals surface area contributed by atoms with E-state index in [0.29, 0.717) is 12.1 Å². The van der Waals surface area contributed by atoms with Gasteiger partial charge in [0.15, 0.2) is 0 Å². The van der Waals surface area contributed by atoms with Gasteiger partial charge in [-0.2, -0.15) is 0 Å². The monoisotopic (exact) mass is 384 g/mol. The molecule has 0 aliphatic carbocycles. The van der Waals surface area contributed by atoms with Crippen LogP contribution in [0.25, 0.3) is 10.9 Å². The SMILES string of the molecule is c1cc(OC2CCN(CC3CCOCC3)CC2)c2ccn(C3CCOC3)c2c1. The summed E-state index contributed by atoms with van der Waals surface area (Å²) in [5.41, 5.74) is 1.27. The number of likely N-dealkylation sites (tertiary alicyclic amines) is 1. The van der Waals surface area contributed by atoms with Crippen molar-refractivity contribution < 1.29 is 14.2 Å². The van der Waals surface area contributed by atoms with E-state index >= 15 is 0 Å². The molecule has 28 heavy (non-hydrogen) atoms. The molecule has 1 aromatic carbocycles. The molecule has 0 amide bonds. The maximum absolute atomic E-state index is 6.49. The summed E-state index contributed by atoms with van der Waals surface area (Å²) in [5.74, 6) is 1.86. The molecule has 3 aliphatic heterocycles. The van der Waals surface area contributed by atoms with Gasteiger partial charge in [-0.1, -0.05) is 6.07 Å². The maximum Gasteiger partial charge on any atom is 0.129 e. The molecule has 0 N–H and O–H groups in total. The molecular formula is C23H32N2O3. The zero-order valence-electron chi connectivity index (χ0n) is 16.7. The fourth-order valence-corrected chi connectivity index (χ4v) is 5.01. The predicted octanol–water partition coefficient (Wildman–Crippen LogP) is 3.87. The lowest BCUT2D eigenvalue weighted by Crippen LogP contribution is -2.41. The van der Waals surface area contributed by atoms with Gasteiger partial charge in [-0.15, -0.1) is 0 Å². The Kier molecular flexibility index (Phi) is 5.56. The van der Waals surface area contributed by atoms with Crippen molar-refractivity contribution in [1.82, 2.24) is 9.47 Å². The highest BCUT2D eigenvalue weighted by atomic mass is 16.5. The number of hydrogen-bond acceptors (Lipinski definition) is 4. The minimum absolute atomic E-state index is 0.328. The molecule has 4 heterocycles. The average Bonchev–Trinajstić information content (AvgIpc) is 3.40. The van der Waals surface area contributed by atoms with Crippen LogP contribution in [-0.2, 0) is 9.47 Å². The second-order valence-electron chi connectivity index (χ2n) is 8.60. The minimum Gasteiger partial charge on any atom is -0.490 e. The summed E-state index contributed by atoms with van der Waals surface area (Å²) in [5, 5.41) is 1.24. The lowest BCUT2D eigenvalue weighted by molar-refractivity contribution is 0.0391. The summed E-state index contributed by atoms with van der Waals surface area (Å²) in [6, 6.07) is 9.14. The Morgan fingerprint density at radius 3 is 2.54 bits per heavy atom. The van der Waals surface area contributed by atoms with E-state index in [-0.39, 0.29) is 0 Å². The summed E-state index contributed by atoms with van der Waals surface area (Å²) >= 11 is 0. The van der Waals surface area contributed by atoms with E-state index in [1.807, 2.05) is 0 Å². The van der Waals surface area contributed by atoms with E-state index in [0.717, 1.165) is 70.4 Å². The van der Waals surface area contributed by atoms with Crippen molar-refractivity contribution in [3.8, 4) is 5.75 Å². The Morgan fingerprint density at radius 1 is 0.929 bits per heavy atom. The standard InChI is InChI=1S/C23H32N2O3/c1-2-22-21(6-12-25(22)19-9-15-27-17-19)23(3-1)28-20-4-10-24(11-5-20)16-18-7-13-26-14-8-18/h1-3,6,12,18-20H,4-5,7-11,13-17H2. The number of aromatic nitrogens is 1. The zero-order valence-corrected chi connectivity index (χ0v) is 16.7. The molecule has 3 fully saturated rings. The van der Waals surface area contributed by atoms with Crippen LogP contribution >= 0.6 is 0 Å². The Bertz CT molecular complexity index is 769. The fourth-order valence-electron chi connectivity index (χ4n) is 5.01. The molecule has 3 saturated heterocycles. The molecule has 3 aliphatic rings. The zero-order chi connectivity index (χ0) is 18.8. The number of fused-ring (bicyclic) bond motifs is 1. The van der Waals surface area contributed by atoms with Crippen LogP contribution in [0, 0.1) is 5.92 Å². The topological polar surface area (TPSA) is 35.9 Å². The van der Waals surface area contributed by atoms with E-state index < -0.39 is 0 Å². The van der Waals surface area contributed by atoms with Crippen molar-refractivity contribution in [2.45, 2.75) is 44.2 Å². The van der Waals surface area contributed by atoms with Crippen molar-refractivity contribution in [3.05, 3.63) is 30.5 Å². The number of hydrogen-bond donors (Lipinski definition) is 0. The van der Waals surface area contributed by atoms with Gasteiger partial charge in [-0.05, 0) is 56.2 Å². The summed E-state index contributed by atoms with van der Waals surface area (Å²) in [6.45, 7) is 7.12. The van der Waals surface area contributed by atoms with Crippen molar-refractivity contribution in [1.29, 1.82) is 0 Å². The first-order chi connectivity index (χ1) is 13.9. The summed E-state index contributed by atoms with van der Waals surface area (Å²) < 4.78 is 19.9. The Balaban J connectivity index is 1.20. The van der Waals surface area contributed by atoms with Crippen LogP contribution < -0.4 is 4.74 Å². The van der Waals surface area contributed by atoms with E-state index in [2.05, 4.69) is 39.9 Å². The van der Waals surface area contributed by atoms with Gasteiger partial charge in [-0.3, -0.25) is 0 Å². The molecule has 0 radical (unpaired) electrons. The van der Waals surface area contributed by atoms with Crippen LogP contribution in [0.4, 0.5) is 0 Å². The second-order valence-corrected chi connectivity index (χ2v) is 8.60. The predicted molar refractivity (Wildman–Crippen MR) is 110 cm³/mol. The van der Waals surface area contributed by atoms with Crippen LogP contribution in [-0.4, -0.2) is 61.6 Å². The smallest absolute Gasteiger partial charge is 0.129 e. The number of ether oxygens (including phenoxy) is 3. The third kappa shape index (κ3) is 3.93. The summed E-state index contributed by atoms with van der Waals surface area (Å²) in [4.78, 5) is 2.63. The highest BCUT2D eigenvalue weighted by Gasteiger charge is 2.25. The molecule has 2 aromatic rings. The van der Waals surface area contributed by atoms with Gasteiger partial charge >= 0.3 is 0 Å². The summed E-state index contributed by atoms with van der Waals surface area (Å²) in [7, 11) is 0. The number of rotatable bonds is 5. The molecule has 0 spiro atoms. The number of nitrogens with zero attached hydrogens (tertiary/aromatic N) is 2. The molecular weight excluding hydrogens is 352 g/mol. The molecule has 5 heteroatoms. The van der Waals surface area contributed by atoms with Gasteiger partial charge in [0.05, 0.1) is 18.2 Å². The molecule has 1 unspecified atom stereocenters. The minimum atomic E-state index is 0.328. The Morgan fingerprint density at radius 2 is 1.75 bits per heavy atom. The van der Waals surface area contributed by atoms with Gasteiger partial charge in [0, 0.05) is 51.0 Å². The average molecular weight is 385 g/mol. The van der Waals surface area contributed by atoms with Gasteiger partial charge in [0.2, 0.25) is 0 Å². The number of piperidine rings is 1. The summed E-state index contributed by atoms with van der Waals surface area (Å²) in [6.07, 6.45) is 8.32. The maximum atomic E-state index is 6.49. The Hall–Kier alpha value is -1.56. The molecule has 0 bridgehead atoms. The van der Waals surface area contributed by atoms with E-state index in [1.165, 1.54) is 30.3 Å². The van der Waals surface area contributed by atoms with Crippen LogP contribution in [0.1, 0.15) is 38.1 Å². The highest BCUT2D eigenvalue weighted by molar-refractivity contribution is 5.86. The highest BCUT2D eigenvalue weighted by Crippen LogP contribution is 2.32. The van der Waals surface area contributed by atoms with Gasteiger partial charge in [0.25, 0.3) is 0 Å². The first kappa shape index (κ1) is 18.5. The normalized spacial score (nSPS) is 25.5. The third-order valence-electron chi connectivity index (χ3n) is 6.71. The van der Waals surface area contributed by atoms with Crippen LogP contribution in [0.2, 0.25) is 0 Å². The van der Waals surface area contributed by atoms with Crippen molar-refractivity contribution in [2.24, 2.45) is 5.92 Å². The largest absolute Gasteiger partial charge is 0.490 e. The lowest BCUT2D eigenvalue weighted by Gasteiger charge is -2.35. The van der Waals surface area contributed by atoms with Crippen molar-refractivity contribution in [3.63, 3.8) is 0 Å². The molecule has 1 aromatic heterocycles. The molecule has 5 nitrogen and oxygen atoms in total. The van der Waals surface area contributed by atoms with Crippen LogP contribution in [0.15, 0.2) is 30.5 Å². The van der Waals surface area contributed by atoms with Crippen LogP contribution in [0.3, 0.4) is 0 Å². The fraction of sp³-hybridized carbons (Fsp3) is 0.652. The second kappa shape index (κ2) is 8.44. The molecule has 5 rings (SSSR count). The van der Waals surface area contributed by atoms with E-state index in [4.69, 9.17) is 14.2 Å². The Labute approximate surface area is 167 Å². The first-order valence-electron chi connectivity index (χ1n) is 11.0. The molecule has 152 valence electrons. The third-order valence-corrected chi connectivity index (χ3v) is 6.71. The lowest BCUT2D eigenvalue weighted by atomic mass is 9.98. The van der Waals surface area contributed by atoms with Gasteiger partial charge in [0.1, 0.15) is 11.9 Å². The van der Waals surface area contributed by atoms with Crippen molar-refractivity contribution >= 4 is 10.9 Å². The molecule has 0 saturated carbocycles.